The number of thiophene rings is 1. The van der Waals surface area contributed by atoms with Gasteiger partial charge in [-0.3, -0.25) is 14.5 Å². The number of rotatable bonds is 4. The average molecular weight is 529 g/mol. The molecule has 2 aromatic carbocycles. The molecule has 2 aliphatic heterocycles. The molecule has 0 saturated carbocycles. The Balaban J connectivity index is 1.26. The van der Waals surface area contributed by atoms with Crippen molar-refractivity contribution in [1.82, 2.24) is 14.7 Å². The smallest absolute Gasteiger partial charge is 0.255 e. The average Bonchev–Trinajstić information content (AvgIpc) is 3.19. The van der Waals surface area contributed by atoms with Gasteiger partial charge >= 0.3 is 0 Å². The highest BCUT2D eigenvalue weighted by molar-refractivity contribution is 7.10. The van der Waals surface area contributed by atoms with Crippen LogP contribution in [0.25, 0.3) is 0 Å². The summed E-state index contributed by atoms with van der Waals surface area (Å²) in [5.41, 5.74) is 2.97. The molecule has 1 atom stereocenters. The number of hydrogen-bond donors (Lipinski definition) is 0. The quantitative estimate of drug-likeness (QED) is 0.457. The van der Waals surface area contributed by atoms with Gasteiger partial charge in [0.25, 0.3) is 5.91 Å². The van der Waals surface area contributed by atoms with Crippen LogP contribution in [0.4, 0.5) is 0 Å². The van der Waals surface area contributed by atoms with Crippen molar-refractivity contribution in [1.29, 1.82) is 0 Å². The van der Waals surface area contributed by atoms with Crippen molar-refractivity contribution < 1.29 is 9.59 Å². The Kier molecular flexibility index (Phi) is 7.44. The van der Waals surface area contributed by atoms with Crippen LogP contribution < -0.4 is 0 Å². The van der Waals surface area contributed by atoms with Crippen molar-refractivity contribution in [3.63, 3.8) is 0 Å². The molecule has 0 spiro atoms. The molecule has 2 amide bonds. The number of benzene rings is 2. The van der Waals surface area contributed by atoms with E-state index in [2.05, 4.69) is 40.6 Å². The van der Waals surface area contributed by atoms with Gasteiger partial charge in [0.05, 0.1) is 23.2 Å². The molecule has 1 saturated heterocycles. The van der Waals surface area contributed by atoms with Crippen LogP contribution in [-0.4, -0.2) is 65.8 Å². The molecule has 182 valence electrons. The monoisotopic (exact) mass is 527 g/mol. The summed E-state index contributed by atoms with van der Waals surface area (Å²) in [6, 6.07) is 17.7. The lowest BCUT2D eigenvalue weighted by molar-refractivity contribution is -0.132. The maximum Gasteiger partial charge on any atom is 0.255 e. The second kappa shape index (κ2) is 10.7. The molecule has 5 nitrogen and oxygen atoms in total. The van der Waals surface area contributed by atoms with Gasteiger partial charge in [0.2, 0.25) is 5.91 Å². The van der Waals surface area contributed by atoms with Gasteiger partial charge in [0.1, 0.15) is 0 Å². The summed E-state index contributed by atoms with van der Waals surface area (Å²) in [5.74, 6) is -0.00504. The number of carbonyl (C=O) groups excluding carboxylic acids is 2. The highest BCUT2D eigenvalue weighted by atomic mass is 35.5. The predicted molar refractivity (Wildman–Crippen MR) is 141 cm³/mol. The van der Waals surface area contributed by atoms with Crippen molar-refractivity contribution in [2.45, 2.75) is 18.9 Å². The second-order valence-electron chi connectivity index (χ2n) is 8.98. The van der Waals surface area contributed by atoms with Crippen LogP contribution in [0.2, 0.25) is 10.0 Å². The van der Waals surface area contributed by atoms with Gasteiger partial charge in [-0.05, 0) is 53.6 Å². The van der Waals surface area contributed by atoms with Gasteiger partial charge in [0.15, 0.2) is 0 Å². The molecular weight excluding hydrogens is 501 g/mol. The highest BCUT2D eigenvalue weighted by Gasteiger charge is 2.32. The molecule has 0 N–H and O–H groups in total. The minimum atomic E-state index is -0.119. The minimum Gasteiger partial charge on any atom is -0.340 e. The summed E-state index contributed by atoms with van der Waals surface area (Å²) in [7, 11) is 0. The molecule has 8 heteroatoms. The van der Waals surface area contributed by atoms with Gasteiger partial charge in [-0.2, -0.15) is 0 Å². The van der Waals surface area contributed by atoms with E-state index in [1.807, 2.05) is 11.0 Å². The topological polar surface area (TPSA) is 43.9 Å². The summed E-state index contributed by atoms with van der Waals surface area (Å²) in [5, 5.41) is 3.00. The van der Waals surface area contributed by atoms with Gasteiger partial charge < -0.3 is 9.80 Å². The predicted octanol–water partition coefficient (Wildman–Crippen LogP) is 5.38. The van der Waals surface area contributed by atoms with E-state index in [1.165, 1.54) is 16.0 Å². The van der Waals surface area contributed by atoms with E-state index in [0.717, 1.165) is 19.4 Å². The maximum absolute atomic E-state index is 13.4. The molecule has 0 unspecified atom stereocenters. The third-order valence-corrected chi connectivity index (χ3v) is 8.36. The largest absolute Gasteiger partial charge is 0.340 e. The van der Waals surface area contributed by atoms with E-state index in [1.54, 1.807) is 34.4 Å². The molecule has 0 bridgehead atoms. The molecule has 0 aliphatic carbocycles. The third-order valence-electron chi connectivity index (χ3n) is 6.82. The molecule has 1 fully saturated rings. The molecule has 1 aromatic heterocycles. The second-order valence-corrected chi connectivity index (χ2v) is 10.8. The van der Waals surface area contributed by atoms with E-state index in [-0.39, 0.29) is 17.9 Å². The van der Waals surface area contributed by atoms with Gasteiger partial charge in [-0.1, -0.05) is 53.5 Å². The van der Waals surface area contributed by atoms with Crippen LogP contribution in [0.5, 0.6) is 0 Å². The molecule has 3 heterocycles. The van der Waals surface area contributed by atoms with Crippen LogP contribution in [0.3, 0.4) is 0 Å². The molecule has 5 rings (SSSR count). The number of fused-ring (bicyclic) bond motifs is 1. The maximum atomic E-state index is 13.4. The summed E-state index contributed by atoms with van der Waals surface area (Å²) >= 11 is 14.0. The number of carbonyl (C=O) groups is 2. The number of amides is 2. The van der Waals surface area contributed by atoms with Crippen LogP contribution in [-0.2, 0) is 11.2 Å². The van der Waals surface area contributed by atoms with E-state index in [4.69, 9.17) is 23.2 Å². The van der Waals surface area contributed by atoms with E-state index < -0.39 is 0 Å². The van der Waals surface area contributed by atoms with Gasteiger partial charge in [0, 0.05) is 42.6 Å². The minimum absolute atomic E-state index is 0.0900. The van der Waals surface area contributed by atoms with Crippen LogP contribution in [0.15, 0.2) is 60.0 Å². The normalized spacial score (nSPS) is 18.7. The fourth-order valence-corrected chi connectivity index (χ4v) is 6.43. The van der Waals surface area contributed by atoms with E-state index >= 15 is 0 Å². The van der Waals surface area contributed by atoms with E-state index in [9.17, 15) is 9.59 Å². The Morgan fingerprint density at radius 3 is 2.49 bits per heavy atom. The number of nitrogens with zero attached hydrogens (tertiary/aromatic N) is 3. The Morgan fingerprint density at radius 1 is 0.914 bits per heavy atom. The first-order chi connectivity index (χ1) is 17.0. The zero-order valence-corrected chi connectivity index (χ0v) is 21.7. The van der Waals surface area contributed by atoms with Crippen molar-refractivity contribution in [2.24, 2.45) is 0 Å². The van der Waals surface area contributed by atoms with Crippen molar-refractivity contribution in [3.05, 3.63) is 91.6 Å². The Morgan fingerprint density at radius 2 is 1.69 bits per heavy atom. The van der Waals surface area contributed by atoms with E-state index in [0.29, 0.717) is 48.3 Å². The van der Waals surface area contributed by atoms with Gasteiger partial charge in [-0.25, -0.2) is 0 Å². The Labute approximate surface area is 219 Å². The summed E-state index contributed by atoms with van der Waals surface area (Å²) in [6.45, 7) is 3.46. The van der Waals surface area contributed by atoms with Crippen molar-refractivity contribution in [3.8, 4) is 0 Å². The first-order valence-electron chi connectivity index (χ1n) is 11.9. The number of halogens is 2. The molecule has 0 radical (unpaired) electrons. The summed E-state index contributed by atoms with van der Waals surface area (Å²) in [6.07, 6.45) is 1.70. The van der Waals surface area contributed by atoms with Gasteiger partial charge in [-0.15, -0.1) is 11.3 Å². The SMILES string of the molecule is O=C(CN1CCc2sccc2[C@H]1c1ccccc1)N1CCCN(C(=O)c2ccc(Cl)cc2Cl)CC1. The first-order valence-corrected chi connectivity index (χ1v) is 13.5. The zero-order valence-electron chi connectivity index (χ0n) is 19.3. The molecule has 35 heavy (non-hydrogen) atoms. The Bertz CT molecular complexity index is 1220. The first kappa shape index (κ1) is 24.3. The molecule has 2 aliphatic rings. The van der Waals surface area contributed by atoms with Crippen LogP contribution >= 0.6 is 34.5 Å². The van der Waals surface area contributed by atoms with Crippen LogP contribution in [0.1, 0.15) is 38.8 Å². The third kappa shape index (κ3) is 5.26. The fourth-order valence-electron chi connectivity index (χ4n) is 5.04. The Hall–Kier alpha value is -2.38. The summed E-state index contributed by atoms with van der Waals surface area (Å²) < 4.78 is 0. The fraction of sp³-hybridized carbons (Fsp3) is 0.333. The lowest BCUT2D eigenvalue weighted by Crippen LogP contribution is -2.45. The van der Waals surface area contributed by atoms with Crippen molar-refractivity contribution >= 4 is 46.4 Å². The number of hydrogen-bond acceptors (Lipinski definition) is 4. The lowest BCUT2D eigenvalue weighted by Gasteiger charge is -2.37. The van der Waals surface area contributed by atoms with Crippen LogP contribution in [0, 0.1) is 0 Å². The lowest BCUT2D eigenvalue weighted by atomic mass is 9.93. The standard InChI is InChI=1S/C27H27Cl2N3O2S/c28-20-7-8-21(23(29)17-20)27(34)31-12-4-11-30(14-15-31)25(33)18-32-13-9-24-22(10-16-35-24)26(32)19-5-2-1-3-6-19/h1-3,5-8,10,16-17,26H,4,9,11-15,18H2/t26-/m1/s1. The molecular formula is C27H27Cl2N3O2S. The van der Waals surface area contributed by atoms with Crippen molar-refractivity contribution in [2.75, 3.05) is 39.3 Å². The molecule has 3 aromatic rings. The highest BCUT2D eigenvalue weighted by Crippen LogP contribution is 2.37. The summed E-state index contributed by atoms with van der Waals surface area (Å²) in [4.78, 5) is 33.9. The zero-order chi connectivity index (χ0) is 24.4.